The number of carboxylic acid groups (broad SMARTS) is 1. The second kappa shape index (κ2) is 3.42. The number of carbonyl (C=O) groups is 1. The minimum atomic E-state index is -4.36. The first kappa shape index (κ1) is 11.3. The number of nitrogens with one attached hydrogen (secondary N) is 1. The van der Waals surface area contributed by atoms with E-state index in [-0.39, 0.29) is 18.8 Å². The van der Waals surface area contributed by atoms with Gasteiger partial charge in [-0.3, -0.25) is 10.1 Å². The smallest absolute Gasteiger partial charge is 0.401 e. The highest BCUT2D eigenvalue weighted by atomic mass is 19.4. The van der Waals surface area contributed by atoms with Gasteiger partial charge in [-0.2, -0.15) is 13.2 Å². The van der Waals surface area contributed by atoms with E-state index in [0.29, 0.717) is 0 Å². The molecule has 0 amide bonds. The van der Waals surface area contributed by atoms with Gasteiger partial charge in [0.25, 0.3) is 0 Å². The molecule has 0 aromatic rings. The molecule has 82 valence electrons. The number of hydrogen-bond donors (Lipinski definition) is 2. The molecule has 14 heavy (non-hydrogen) atoms. The van der Waals surface area contributed by atoms with Gasteiger partial charge in [0, 0.05) is 0 Å². The standard InChI is InChI=1S/C8H12F3NO2/c1-5-2-7(3-5,6(13)14)12-4-8(9,10)11/h5,12H,2-4H2,1H3,(H,13,14). The van der Waals surface area contributed by atoms with E-state index < -0.39 is 24.2 Å². The van der Waals surface area contributed by atoms with E-state index >= 15 is 0 Å². The summed E-state index contributed by atoms with van der Waals surface area (Å²) in [6, 6.07) is 0. The Morgan fingerprint density at radius 1 is 1.57 bits per heavy atom. The molecule has 1 aliphatic carbocycles. The van der Waals surface area contributed by atoms with Crippen LogP contribution in [0, 0.1) is 5.92 Å². The summed E-state index contributed by atoms with van der Waals surface area (Å²) in [5, 5.41) is 10.8. The lowest BCUT2D eigenvalue weighted by Gasteiger charge is -2.43. The van der Waals surface area contributed by atoms with Crippen molar-refractivity contribution in [3.63, 3.8) is 0 Å². The lowest BCUT2D eigenvalue weighted by Crippen LogP contribution is -2.61. The Bertz CT molecular complexity index is 233. The summed E-state index contributed by atoms with van der Waals surface area (Å²) in [5.74, 6) is -1.02. The van der Waals surface area contributed by atoms with Gasteiger partial charge in [0.1, 0.15) is 5.54 Å². The van der Waals surface area contributed by atoms with E-state index in [1.165, 1.54) is 0 Å². The average molecular weight is 211 g/mol. The van der Waals surface area contributed by atoms with E-state index in [1.54, 1.807) is 0 Å². The Balaban J connectivity index is 2.51. The van der Waals surface area contributed by atoms with Gasteiger partial charge in [0.2, 0.25) is 0 Å². The number of halogens is 3. The largest absolute Gasteiger partial charge is 0.480 e. The van der Waals surface area contributed by atoms with Crippen molar-refractivity contribution < 1.29 is 23.1 Å². The maximum Gasteiger partial charge on any atom is 0.401 e. The third-order valence-electron chi connectivity index (χ3n) is 2.43. The van der Waals surface area contributed by atoms with Crippen LogP contribution in [0.3, 0.4) is 0 Å². The van der Waals surface area contributed by atoms with Gasteiger partial charge in [-0.15, -0.1) is 0 Å². The van der Waals surface area contributed by atoms with Gasteiger partial charge in [-0.05, 0) is 18.8 Å². The van der Waals surface area contributed by atoms with Gasteiger partial charge >= 0.3 is 12.1 Å². The third kappa shape index (κ3) is 2.37. The zero-order valence-electron chi connectivity index (χ0n) is 7.69. The first-order valence-electron chi connectivity index (χ1n) is 4.30. The van der Waals surface area contributed by atoms with Gasteiger partial charge in [0.05, 0.1) is 6.54 Å². The molecule has 1 saturated carbocycles. The number of carboxylic acids is 1. The Hall–Kier alpha value is -0.780. The highest BCUT2D eigenvalue weighted by Crippen LogP contribution is 2.38. The van der Waals surface area contributed by atoms with Crippen LogP contribution in [0.2, 0.25) is 0 Å². The van der Waals surface area contributed by atoms with Crippen LogP contribution in [0.1, 0.15) is 19.8 Å². The highest BCUT2D eigenvalue weighted by Gasteiger charge is 2.49. The molecule has 0 atom stereocenters. The zero-order chi connectivity index (χ0) is 11.0. The van der Waals surface area contributed by atoms with E-state index in [2.05, 4.69) is 5.32 Å². The van der Waals surface area contributed by atoms with E-state index in [1.807, 2.05) is 6.92 Å². The van der Waals surface area contributed by atoms with Crippen molar-refractivity contribution in [1.82, 2.24) is 5.32 Å². The van der Waals surface area contributed by atoms with Crippen LogP contribution in [-0.4, -0.2) is 29.3 Å². The normalized spacial score (nSPS) is 32.4. The molecule has 1 fully saturated rings. The fourth-order valence-corrected chi connectivity index (χ4v) is 1.79. The number of alkyl halides is 3. The number of hydrogen-bond acceptors (Lipinski definition) is 2. The van der Waals surface area contributed by atoms with Crippen LogP contribution in [-0.2, 0) is 4.79 Å². The molecule has 0 aromatic heterocycles. The predicted molar refractivity (Wildman–Crippen MR) is 42.8 cm³/mol. The Kier molecular flexibility index (Phi) is 2.76. The SMILES string of the molecule is CC1CC(NCC(F)(F)F)(C(=O)O)C1. The van der Waals surface area contributed by atoms with Crippen LogP contribution in [0.5, 0.6) is 0 Å². The summed E-state index contributed by atoms with van der Waals surface area (Å²) in [5.41, 5.74) is -1.35. The van der Waals surface area contributed by atoms with E-state index in [0.717, 1.165) is 0 Å². The first-order valence-corrected chi connectivity index (χ1v) is 4.30. The molecule has 6 heteroatoms. The number of rotatable bonds is 3. The Morgan fingerprint density at radius 2 is 2.07 bits per heavy atom. The number of aliphatic carboxylic acids is 1. The molecule has 0 spiro atoms. The van der Waals surface area contributed by atoms with Crippen molar-refractivity contribution >= 4 is 5.97 Å². The summed E-state index contributed by atoms with van der Waals surface area (Å²) in [7, 11) is 0. The summed E-state index contributed by atoms with van der Waals surface area (Å²) in [6.45, 7) is 0.572. The lowest BCUT2D eigenvalue weighted by atomic mass is 9.69. The zero-order valence-corrected chi connectivity index (χ0v) is 7.69. The second-order valence-electron chi connectivity index (χ2n) is 3.87. The molecule has 0 unspecified atom stereocenters. The molecule has 0 heterocycles. The summed E-state index contributed by atoms with van der Waals surface area (Å²) in [4.78, 5) is 10.7. The first-order chi connectivity index (χ1) is 6.25. The van der Waals surface area contributed by atoms with Crippen molar-refractivity contribution in [1.29, 1.82) is 0 Å². The molecule has 3 nitrogen and oxygen atoms in total. The second-order valence-corrected chi connectivity index (χ2v) is 3.87. The fourth-order valence-electron chi connectivity index (χ4n) is 1.79. The van der Waals surface area contributed by atoms with Crippen molar-refractivity contribution in [2.24, 2.45) is 5.92 Å². The topological polar surface area (TPSA) is 49.3 Å². The molecule has 1 rings (SSSR count). The van der Waals surface area contributed by atoms with Crippen LogP contribution in [0.4, 0.5) is 13.2 Å². The van der Waals surface area contributed by atoms with Crippen LogP contribution < -0.4 is 5.32 Å². The van der Waals surface area contributed by atoms with Gasteiger partial charge in [-0.1, -0.05) is 6.92 Å². The van der Waals surface area contributed by atoms with Crippen LogP contribution in [0.15, 0.2) is 0 Å². The average Bonchev–Trinajstić information content (AvgIpc) is 1.93. The van der Waals surface area contributed by atoms with Crippen molar-refractivity contribution in [2.45, 2.75) is 31.5 Å². The molecular weight excluding hydrogens is 199 g/mol. The van der Waals surface area contributed by atoms with Gasteiger partial charge in [-0.25, -0.2) is 0 Å². The Labute approximate surface area is 79.3 Å². The molecule has 0 aromatic carbocycles. The minimum Gasteiger partial charge on any atom is -0.480 e. The summed E-state index contributed by atoms with van der Waals surface area (Å²) < 4.78 is 35.6. The monoisotopic (exact) mass is 211 g/mol. The van der Waals surface area contributed by atoms with Crippen molar-refractivity contribution in [3.8, 4) is 0 Å². The van der Waals surface area contributed by atoms with Gasteiger partial charge < -0.3 is 5.11 Å². The maximum absolute atomic E-state index is 11.9. The maximum atomic E-state index is 11.9. The quantitative estimate of drug-likeness (QED) is 0.741. The molecule has 2 N–H and O–H groups in total. The minimum absolute atomic E-state index is 0.173. The fraction of sp³-hybridized carbons (Fsp3) is 0.875. The van der Waals surface area contributed by atoms with Crippen molar-refractivity contribution in [2.75, 3.05) is 6.54 Å². The summed E-state index contributed by atoms with van der Waals surface area (Å²) >= 11 is 0. The van der Waals surface area contributed by atoms with Crippen LogP contribution in [0.25, 0.3) is 0 Å². The van der Waals surface area contributed by atoms with Gasteiger partial charge in [0.15, 0.2) is 0 Å². The van der Waals surface area contributed by atoms with Crippen LogP contribution >= 0.6 is 0 Å². The predicted octanol–water partition coefficient (Wildman–Crippen LogP) is 1.39. The molecular formula is C8H12F3NO2. The molecule has 0 aliphatic heterocycles. The lowest BCUT2D eigenvalue weighted by molar-refractivity contribution is -0.157. The van der Waals surface area contributed by atoms with E-state index in [4.69, 9.17) is 5.11 Å². The molecule has 0 saturated heterocycles. The molecule has 1 aliphatic rings. The van der Waals surface area contributed by atoms with E-state index in [9.17, 15) is 18.0 Å². The molecule has 0 radical (unpaired) electrons. The van der Waals surface area contributed by atoms with Crippen molar-refractivity contribution in [3.05, 3.63) is 0 Å². The summed E-state index contributed by atoms with van der Waals surface area (Å²) in [6.07, 6.45) is -3.84. The highest BCUT2D eigenvalue weighted by molar-refractivity contribution is 5.80. The molecule has 0 bridgehead atoms. The Morgan fingerprint density at radius 3 is 2.36 bits per heavy atom. The third-order valence-corrected chi connectivity index (χ3v) is 2.43.